The molecule has 0 spiro atoms. The van der Waals surface area contributed by atoms with Crippen molar-refractivity contribution < 1.29 is 18.3 Å². The highest BCUT2D eigenvalue weighted by Gasteiger charge is 2.19. The first-order valence-corrected chi connectivity index (χ1v) is 7.20. The number of rotatable bonds is 4. The maximum atomic E-state index is 12.2. The van der Waals surface area contributed by atoms with Gasteiger partial charge in [0, 0.05) is 6.07 Å². The van der Waals surface area contributed by atoms with Crippen LogP contribution in [-0.4, -0.2) is 29.7 Å². The number of H-pyrrole nitrogens is 1. The Morgan fingerprint density at radius 3 is 2.57 bits per heavy atom. The van der Waals surface area contributed by atoms with E-state index in [1.165, 1.54) is 18.2 Å². The van der Waals surface area contributed by atoms with E-state index in [9.17, 15) is 18.0 Å². The minimum absolute atomic E-state index is 0.0743. The van der Waals surface area contributed by atoms with Crippen LogP contribution in [0.15, 0.2) is 40.0 Å². The van der Waals surface area contributed by atoms with E-state index in [1.54, 1.807) is 6.92 Å². The van der Waals surface area contributed by atoms with Gasteiger partial charge in [-0.2, -0.15) is 5.10 Å². The summed E-state index contributed by atoms with van der Waals surface area (Å²) in [4.78, 5) is 21.6. The number of nitrogens with one attached hydrogen (secondary N) is 2. The SMILES string of the molecule is Cc1ccc(C(=O)O)cc1S(=O)(=O)Nc1ccc(=O)[nH]n1. The molecule has 110 valence electrons. The van der Waals surface area contributed by atoms with Crippen LogP contribution in [0.5, 0.6) is 0 Å². The number of aromatic amines is 1. The average Bonchev–Trinajstić information content (AvgIpc) is 2.41. The summed E-state index contributed by atoms with van der Waals surface area (Å²) in [7, 11) is -4.01. The number of hydrogen-bond acceptors (Lipinski definition) is 5. The molecule has 1 heterocycles. The molecule has 8 nitrogen and oxygen atoms in total. The number of aromatic nitrogens is 2. The van der Waals surface area contributed by atoms with Gasteiger partial charge in [0.05, 0.1) is 10.5 Å². The highest BCUT2D eigenvalue weighted by atomic mass is 32.2. The fraction of sp³-hybridized carbons (Fsp3) is 0.0833. The number of hydrogen-bond donors (Lipinski definition) is 3. The van der Waals surface area contributed by atoms with Crippen molar-refractivity contribution in [1.29, 1.82) is 0 Å². The van der Waals surface area contributed by atoms with Crippen molar-refractivity contribution in [2.75, 3.05) is 4.72 Å². The molecule has 2 rings (SSSR count). The van der Waals surface area contributed by atoms with E-state index in [0.717, 1.165) is 12.1 Å². The van der Waals surface area contributed by atoms with Crippen molar-refractivity contribution in [3.63, 3.8) is 0 Å². The van der Waals surface area contributed by atoms with E-state index in [0.29, 0.717) is 5.56 Å². The van der Waals surface area contributed by atoms with Crippen LogP contribution in [0.1, 0.15) is 15.9 Å². The van der Waals surface area contributed by atoms with Gasteiger partial charge in [-0.3, -0.25) is 9.52 Å². The van der Waals surface area contributed by atoms with Crippen LogP contribution in [0.2, 0.25) is 0 Å². The Morgan fingerprint density at radius 1 is 1.29 bits per heavy atom. The lowest BCUT2D eigenvalue weighted by Crippen LogP contribution is -2.17. The summed E-state index contributed by atoms with van der Waals surface area (Å²) in [5.41, 5.74) is -0.227. The van der Waals surface area contributed by atoms with E-state index >= 15 is 0 Å². The van der Waals surface area contributed by atoms with Gasteiger partial charge in [0.25, 0.3) is 15.6 Å². The molecule has 21 heavy (non-hydrogen) atoms. The van der Waals surface area contributed by atoms with Gasteiger partial charge in [-0.1, -0.05) is 6.07 Å². The third-order valence-corrected chi connectivity index (χ3v) is 4.14. The topological polar surface area (TPSA) is 129 Å². The van der Waals surface area contributed by atoms with E-state index in [4.69, 9.17) is 5.11 Å². The number of carboxylic acid groups (broad SMARTS) is 1. The van der Waals surface area contributed by atoms with Crippen LogP contribution in [0, 0.1) is 6.92 Å². The van der Waals surface area contributed by atoms with Crippen LogP contribution >= 0.6 is 0 Å². The van der Waals surface area contributed by atoms with Gasteiger partial charge in [0.2, 0.25) is 0 Å². The van der Waals surface area contributed by atoms with E-state index in [1.807, 2.05) is 0 Å². The summed E-state index contributed by atoms with van der Waals surface area (Å²) in [6.07, 6.45) is 0. The third kappa shape index (κ3) is 3.26. The van der Waals surface area contributed by atoms with Crippen molar-refractivity contribution in [3.8, 4) is 0 Å². The maximum Gasteiger partial charge on any atom is 0.335 e. The average molecular weight is 309 g/mol. The van der Waals surface area contributed by atoms with Crippen LogP contribution in [0.3, 0.4) is 0 Å². The minimum atomic E-state index is -4.01. The molecule has 0 radical (unpaired) electrons. The number of aromatic carboxylic acids is 1. The molecule has 0 aliphatic heterocycles. The molecule has 1 aromatic carbocycles. The molecule has 0 fully saturated rings. The Bertz CT molecular complexity index is 837. The lowest BCUT2D eigenvalue weighted by molar-refractivity contribution is 0.0696. The van der Waals surface area contributed by atoms with Gasteiger partial charge in [0.15, 0.2) is 5.82 Å². The van der Waals surface area contributed by atoms with E-state index in [2.05, 4.69) is 14.9 Å². The van der Waals surface area contributed by atoms with Crippen molar-refractivity contribution in [3.05, 3.63) is 51.8 Å². The highest BCUT2D eigenvalue weighted by Crippen LogP contribution is 2.19. The van der Waals surface area contributed by atoms with E-state index in [-0.39, 0.29) is 16.3 Å². The molecule has 2 aromatic rings. The number of aryl methyl sites for hydroxylation is 1. The predicted octanol–water partition coefficient (Wildman–Crippen LogP) is 0.577. The van der Waals surface area contributed by atoms with Crippen LogP contribution in [0.4, 0.5) is 5.82 Å². The molecule has 0 atom stereocenters. The standard InChI is InChI=1S/C12H11N3O5S/c1-7-2-3-8(12(17)18)6-9(7)21(19,20)15-10-4-5-11(16)14-13-10/h2-6H,1H3,(H,13,15)(H,14,16)(H,17,18). The van der Waals surface area contributed by atoms with Gasteiger partial charge in [-0.25, -0.2) is 18.3 Å². The Kier molecular flexibility index (Phi) is 3.76. The van der Waals surface area contributed by atoms with Crippen molar-refractivity contribution in [1.82, 2.24) is 10.2 Å². The highest BCUT2D eigenvalue weighted by molar-refractivity contribution is 7.92. The Hall–Kier alpha value is -2.68. The van der Waals surface area contributed by atoms with E-state index < -0.39 is 21.6 Å². The number of carboxylic acids is 1. The summed E-state index contributed by atoms with van der Waals surface area (Å²) in [5.74, 6) is -1.30. The number of nitrogens with zero attached hydrogens (tertiary/aromatic N) is 1. The lowest BCUT2D eigenvalue weighted by atomic mass is 10.1. The molecular formula is C12H11N3O5S. The molecule has 3 N–H and O–H groups in total. The van der Waals surface area contributed by atoms with Gasteiger partial charge in [-0.15, -0.1) is 0 Å². The first-order chi connectivity index (χ1) is 9.79. The zero-order valence-electron chi connectivity index (χ0n) is 10.8. The molecule has 0 saturated carbocycles. The van der Waals surface area contributed by atoms with Gasteiger partial charge < -0.3 is 5.11 Å². The Morgan fingerprint density at radius 2 is 2.00 bits per heavy atom. The van der Waals surface area contributed by atoms with Gasteiger partial charge >= 0.3 is 5.97 Å². The fourth-order valence-corrected chi connectivity index (χ4v) is 2.89. The molecule has 0 saturated heterocycles. The Labute approximate surface area is 119 Å². The zero-order valence-corrected chi connectivity index (χ0v) is 11.6. The molecule has 1 aromatic heterocycles. The third-order valence-electron chi connectivity index (χ3n) is 2.64. The van der Waals surface area contributed by atoms with Crippen LogP contribution < -0.4 is 10.3 Å². The second-order valence-corrected chi connectivity index (χ2v) is 5.85. The number of benzene rings is 1. The fourth-order valence-electron chi connectivity index (χ4n) is 1.62. The van der Waals surface area contributed by atoms with Crippen molar-refractivity contribution >= 4 is 21.8 Å². The summed E-state index contributed by atoms with van der Waals surface area (Å²) < 4.78 is 26.7. The van der Waals surface area contributed by atoms with Crippen molar-refractivity contribution in [2.24, 2.45) is 0 Å². The van der Waals surface area contributed by atoms with Crippen LogP contribution in [-0.2, 0) is 10.0 Å². The molecule has 0 unspecified atom stereocenters. The first kappa shape index (κ1) is 14.7. The van der Waals surface area contributed by atoms with Gasteiger partial charge in [-0.05, 0) is 30.7 Å². The van der Waals surface area contributed by atoms with Crippen molar-refractivity contribution in [2.45, 2.75) is 11.8 Å². The Balaban J connectivity index is 2.44. The smallest absolute Gasteiger partial charge is 0.335 e. The summed E-state index contributed by atoms with van der Waals surface area (Å²) in [5, 5.41) is 14.5. The normalized spacial score (nSPS) is 11.1. The molecule has 0 aliphatic carbocycles. The lowest BCUT2D eigenvalue weighted by Gasteiger charge is -2.10. The second kappa shape index (κ2) is 5.37. The first-order valence-electron chi connectivity index (χ1n) is 5.72. The molecule has 0 bridgehead atoms. The molecular weight excluding hydrogens is 298 g/mol. The summed E-state index contributed by atoms with van der Waals surface area (Å²) in [6.45, 7) is 1.54. The quantitative estimate of drug-likeness (QED) is 0.757. The minimum Gasteiger partial charge on any atom is -0.478 e. The zero-order chi connectivity index (χ0) is 15.6. The monoisotopic (exact) mass is 309 g/mol. The van der Waals surface area contributed by atoms with Crippen LogP contribution in [0.25, 0.3) is 0 Å². The summed E-state index contributed by atoms with van der Waals surface area (Å²) in [6, 6.07) is 6.09. The number of sulfonamides is 1. The van der Waals surface area contributed by atoms with Gasteiger partial charge in [0.1, 0.15) is 0 Å². The molecule has 0 amide bonds. The second-order valence-electron chi connectivity index (χ2n) is 4.20. The number of carbonyl (C=O) groups is 1. The largest absolute Gasteiger partial charge is 0.478 e. The predicted molar refractivity (Wildman–Crippen MR) is 73.8 cm³/mol. The molecule has 0 aliphatic rings. The number of anilines is 1. The molecule has 9 heteroatoms. The summed E-state index contributed by atoms with van der Waals surface area (Å²) >= 11 is 0. The maximum absolute atomic E-state index is 12.2.